The zero-order valence-electron chi connectivity index (χ0n) is 15.4. The van der Waals surface area contributed by atoms with Gasteiger partial charge in [0.25, 0.3) is 5.56 Å². The van der Waals surface area contributed by atoms with Crippen LogP contribution in [0.2, 0.25) is 5.02 Å². The smallest absolute Gasteiger partial charge is 0.323 e. The zero-order chi connectivity index (χ0) is 20.4. The van der Waals surface area contributed by atoms with Crippen LogP contribution in [0.15, 0.2) is 52.1 Å². The molecule has 0 saturated heterocycles. The first-order chi connectivity index (χ1) is 13.3. The van der Waals surface area contributed by atoms with E-state index in [4.69, 9.17) is 11.6 Å². The van der Waals surface area contributed by atoms with Crippen LogP contribution in [0.4, 0.5) is 10.1 Å². The molecule has 0 aliphatic carbocycles. The maximum atomic E-state index is 13.4. The summed E-state index contributed by atoms with van der Waals surface area (Å²) in [6, 6.07) is 9.90. The van der Waals surface area contributed by atoms with Crippen LogP contribution in [-0.2, 0) is 11.3 Å². The molecule has 28 heavy (non-hydrogen) atoms. The number of nitrogens with one attached hydrogen (secondary N) is 1. The summed E-state index contributed by atoms with van der Waals surface area (Å²) in [6.07, 6.45) is 0.582. The van der Waals surface area contributed by atoms with E-state index in [9.17, 15) is 18.8 Å². The highest BCUT2D eigenvalue weighted by atomic mass is 35.5. The number of rotatable bonds is 5. The quantitative estimate of drug-likeness (QED) is 0.707. The fourth-order valence-corrected chi connectivity index (χ4v) is 3.16. The summed E-state index contributed by atoms with van der Waals surface area (Å²) in [5, 5.41) is 3.03. The first-order valence-corrected chi connectivity index (χ1v) is 9.20. The standard InChI is InChI=1S/C20H19ClFN3O3/c1-3-12(2)25-19(27)14-6-4-5-7-17(14)24(20(25)28)11-18(26)23-16-10-13(22)8-9-15(16)21/h4-10,12H,3,11H2,1-2H3,(H,23,26)/t12-/m1/s1. The van der Waals surface area contributed by atoms with Gasteiger partial charge in [0.05, 0.1) is 21.6 Å². The Hall–Kier alpha value is -2.93. The van der Waals surface area contributed by atoms with Gasteiger partial charge in [0.2, 0.25) is 5.91 Å². The molecular formula is C20H19ClFN3O3. The van der Waals surface area contributed by atoms with Gasteiger partial charge in [-0.25, -0.2) is 9.18 Å². The minimum Gasteiger partial charge on any atom is -0.323 e. The van der Waals surface area contributed by atoms with Gasteiger partial charge in [-0.2, -0.15) is 0 Å². The molecular weight excluding hydrogens is 385 g/mol. The van der Waals surface area contributed by atoms with E-state index in [-0.39, 0.29) is 28.9 Å². The van der Waals surface area contributed by atoms with Crippen LogP contribution in [0, 0.1) is 5.82 Å². The van der Waals surface area contributed by atoms with Crippen molar-refractivity contribution in [2.24, 2.45) is 0 Å². The summed E-state index contributed by atoms with van der Waals surface area (Å²) >= 11 is 5.98. The lowest BCUT2D eigenvalue weighted by Crippen LogP contribution is -2.43. The molecule has 3 rings (SSSR count). The van der Waals surface area contributed by atoms with E-state index in [1.165, 1.54) is 16.7 Å². The van der Waals surface area contributed by atoms with Crippen LogP contribution in [-0.4, -0.2) is 15.0 Å². The van der Waals surface area contributed by atoms with Crippen molar-refractivity contribution >= 4 is 34.1 Å². The number of benzene rings is 2. The Bertz CT molecular complexity index is 1170. The van der Waals surface area contributed by atoms with Crippen molar-refractivity contribution in [1.82, 2.24) is 9.13 Å². The molecule has 1 heterocycles. The summed E-state index contributed by atoms with van der Waals surface area (Å²) in [5.41, 5.74) is -0.491. The number of para-hydroxylation sites is 1. The van der Waals surface area contributed by atoms with Crippen molar-refractivity contribution in [3.63, 3.8) is 0 Å². The Morgan fingerprint density at radius 3 is 2.64 bits per heavy atom. The first-order valence-electron chi connectivity index (χ1n) is 8.82. The van der Waals surface area contributed by atoms with Crippen LogP contribution >= 0.6 is 11.6 Å². The third-order valence-electron chi connectivity index (χ3n) is 4.62. The highest BCUT2D eigenvalue weighted by molar-refractivity contribution is 6.33. The average molecular weight is 404 g/mol. The van der Waals surface area contributed by atoms with E-state index in [0.717, 1.165) is 10.6 Å². The second-order valence-corrected chi connectivity index (χ2v) is 6.90. The Morgan fingerprint density at radius 2 is 1.93 bits per heavy atom. The van der Waals surface area contributed by atoms with Crippen LogP contribution in [0.5, 0.6) is 0 Å². The summed E-state index contributed by atoms with van der Waals surface area (Å²) in [7, 11) is 0. The highest BCUT2D eigenvalue weighted by Crippen LogP contribution is 2.22. The number of carbonyl (C=O) groups is 1. The molecule has 0 aliphatic rings. The number of anilines is 1. The van der Waals surface area contributed by atoms with E-state index < -0.39 is 17.4 Å². The van der Waals surface area contributed by atoms with Crippen molar-refractivity contribution in [3.8, 4) is 0 Å². The van der Waals surface area contributed by atoms with Crippen molar-refractivity contribution in [3.05, 3.63) is 74.1 Å². The molecule has 8 heteroatoms. The minimum absolute atomic E-state index is 0.110. The number of amides is 1. The lowest BCUT2D eigenvalue weighted by atomic mass is 10.2. The SMILES string of the molecule is CC[C@@H](C)n1c(=O)c2ccccc2n(CC(=O)Nc2cc(F)ccc2Cl)c1=O. The second-order valence-electron chi connectivity index (χ2n) is 6.49. The molecule has 0 radical (unpaired) electrons. The molecule has 1 N–H and O–H groups in total. The molecule has 1 atom stereocenters. The minimum atomic E-state index is -0.571. The van der Waals surface area contributed by atoms with Gasteiger partial charge in [0, 0.05) is 6.04 Å². The molecule has 146 valence electrons. The number of fused-ring (bicyclic) bond motifs is 1. The first kappa shape index (κ1) is 19.8. The number of carbonyl (C=O) groups excluding carboxylic acids is 1. The largest absolute Gasteiger partial charge is 0.332 e. The Balaban J connectivity index is 2.07. The summed E-state index contributed by atoms with van der Waals surface area (Å²) < 4.78 is 15.8. The van der Waals surface area contributed by atoms with Crippen LogP contribution in [0.1, 0.15) is 26.3 Å². The van der Waals surface area contributed by atoms with Gasteiger partial charge >= 0.3 is 5.69 Å². The molecule has 2 aromatic carbocycles. The van der Waals surface area contributed by atoms with Crippen LogP contribution in [0.3, 0.4) is 0 Å². The maximum absolute atomic E-state index is 13.4. The van der Waals surface area contributed by atoms with Gasteiger partial charge in [-0.1, -0.05) is 30.7 Å². The van der Waals surface area contributed by atoms with E-state index in [0.29, 0.717) is 17.3 Å². The van der Waals surface area contributed by atoms with Gasteiger partial charge in [-0.05, 0) is 43.7 Å². The predicted octanol–water partition coefficient (Wildman–Crippen LogP) is 3.57. The molecule has 0 bridgehead atoms. The summed E-state index contributed by atoms with van der Waals surface area (Å²) in [5.74, 6) is -1.11. The number of halogens is 2. The van der Waals surface area contributed by atoms with E-state index in [1.807, 2.05) is 6.92 Å². The van der Waals surface area contributed by atoms with Gasteiger partial charge in [-0.3, -0.25) is 18.7 Å². The van der Waals surface area contributed by atoms with Gasteiger partial charge < -0.3 is 5.32 Å². The average Bonchev–Trinajstić information content (AvgIpc) is 2.68. The third-order valence-corrected chi connectivity index (χ3v) is 4.95. The molecule has 6 nitrogen and oxygen atoms in total. The normalized spacial score (nSPS) is 12.1. The number of nitrogens with zero attached hydrogens (tertiary/aromatic N) is 2. The highest BCUT2D eigenvalue weighted by Gasteiger charge is 2.18. The Kier molecular flexibility index (Phi) is 5.65. The number of aromatic nitrogens is 2. The summed E-state index contributed by atoms with van der Waals surface area (Å²) in [6.45, 7) is 3.30. The lowest BCUT2D eigenvalue weighted by molar-refractivity contribution is -0.116. The predicted molar refractivity (Wildman–Crippen MR) is 108 cm³/mol. The van der Waals surface area contributed by atoms with Gasteiger partial charge in [0.1, 0.15) is 12.4 Å². The molecule has 1 amide bonds. The van der Waals surface area contributed by atoms with Crippen molar-refractivity contribution in [2.45, 2.75) is 32.9 Å². The lowest BCUT2D eigenvalue weighted by Gasteiger charge is -2.17. The molecule has 0 saturated carbocycles. The topological polar surface area (TPSA) is 73.1 Å². The Morgan fingerprint density at radius 1 is 1.21 bits per heavy atom. The molecule has 3 aromatic rings. The number of hydrogen-bond donors (Lipinski definition) is 1. The molecule has 1 aromatic heterocycles. The van der Waals surface area contributed by atoms with Crippen molar-refractivity contribution in [2.75, 3.05) is 5.32 Å². The zero-order valence-corrected chi connectivity index (χ0v) is 16.2. The molecule has 0 aliphatic heterocycles. The van der Waals surface area contributed by atoms with Gasteiger partial charge in [0.15, 0.2) is 0 Å². The second kappa shape index (κ2) is 7.98. The molecule has 0 spiro atoms. The number of hydrogen-bond acceptors (Lipinski definition) is 3. The summed E-state index contributed by atoms with van der Waals surface area (Å²) in [4.78, 5) is 38.3. The van der Waals surface area contributed by atoms with Crippen molar-refractivity contribution in [1.29, 1.82) is 0 Å². The van der Waals surface area contributed by atoms with Crippen molar-refractivity contribution < 1.29 is 9.18 Å². The Labute approximate surface area is 165 Å². The third kappa shape index (κ3) is 3.71. The molecule has 0 unspecified atom stereocenters. The molecule has 0 fully saturated rings. The fourth-order valence-electron chi connectivity index (χ4n) is 2.99. The van der Waals surface area contributed by atoms with E-state index in [1.54, 1.807) is 31.2 Å². The van der Waals surface area contributed by atoms with E-state index >= 15 is 0 Å². The monoisotopic (exact) mass is 403 g/mol. The fraction of sp³-hybridized carbons (Fsp3) is 0.250. The maximum Gasteiger partial charge on any atom is 0.332 e. The van der Waals surface area contributed by atoms with Crippen LogP contribution < -0.4 is 16.6 Å². The van der Waals surface area contributed by atoms with Crippen LogP contribution in [0.25, 0.3) is 10.9 Å². The van der Waals surface area contributed by atoms with E-state index in [2.05, 4.69) is 5.32 Å². The van der Waals surface area contributed by atoms with Gasteiger partial charge in [-0.15, -0.1) is 0 Å².